The molecular formula is C24H24F3N3O6S2. The number of carbonyl (C=O) groups excluding carboxylic acids is 1. The van der Waals surface area contributed by atoms with Crippen LogP contribution >= 0.6 is 0 Å². The number of nitrogens with zero attached hydrogens (tertiary/aromatic N) is 1. The number of amides is 1. The van der Waals surface area contributed by atoms with Gasteiger partial charge in [-0.25, -0.2) is 22.0 Å². The third-order valence-electron chi connectivity index (χ3n) is 6.97. The number of sulfone groups is 1. The molecule has 3 atom stereocenters. The molecule has 2 aliphatic carbocycles. The number of ether oxygens (including phenoxy) is 1. The second-order valence-corrected chi connectivity index (χ2v) is 13.2. The summed E-state index contributed by atoms with van der Waals surface area (Å²) in [5, 5.41) is 15.6. The number of nitrogens with one attached hydrogen (secondary N) is 1. The van der Waals surface area contributed by atoms with Gasteiger partial charge in [-0.15, -0.1) is 0 Å². The van der Waals surface area contributed by atoms with Crippen LogP contribution in [0.5, 0.6) is 0 Å². The molecule has 9 nitrogen and oxygen atoms in total. The van der Waals surface area contributed by atoms with Gasteiger partial charge < -0.3 is 10.1 Å². The van der Waals surface area contributed by atoms with Gasteiger partial charge in [-0.1, -0.05) is 18.2 Å². The van der Waals surface area contributed by atoms with Crippen LogP contribution in [0.3, 0.4) is 0 Å². The van der Waals surface area contributed by atoms with Gasteiger partial charge in [0.25, 0.3) is 0 Å². The molecule has 0 bridgehead atoms. The number of nitriles is 1. The first-order valence-electron chi connectivity index (χ1n) is 11.5. The van der Waals surface area contributed by atoms with Gasteiger partial charge in [-0.2, -0.15) is 18.4 Å². The molecule has 0 saturated heterocycles. The van der Waals surface area contributed by atoms with Crippen LogP contribution in [0.15, 0.2) is 52.3 Å². The molecular weight excluding hydrogens is 547 g/mol. The summed E-state index contributed by atoms with van der Waals surface area (Å²) >= 11 is 0. The lowest BCUT2D eigenvalue weighted by molar-refractivity contribution is -0.139. The Morgan fingerprint density at radius 1 is 1.08 bits per heavy atom. The molecule has 2 saturated carbocycles. The average Bonchev–Trinajstić information content (AvgIpc) is 3.48. The number of methoxy groups -OCH3 is 1. The first kappa shape index (κ1) is 28.0. The zero-order valence-corrected chi connectivity index (χ0v) is 21.7. The van der Waals surface area contributed by atoms with Gasteiger partial charge in [0.1, 0.15) is 5.54 Å². The highest BCUT2D eigenvalue weighted by atomic mass is 32.2. The van der Waals surface area contributed by atoms with Crippen molar-refractivity contribution in [3.8, 4) is 17.2 Å². The van der Waals surface area contributed by atoms with E-state index in [2.05, 4.69) is 5.32 Å². The van der Waals surface area contributed by atoms with Gasteiger partial charge in [0.15, 0.2) is 9.84 Å². The molecule has 0 radical (unpaired) electrons. The maximum absolute atomic E-state index is 14.1. The molecule has 204 valence electrons. The van der Waals surface area contributed by atoms with Crippen LogP contribution in [-0.4, -0.2) is 46.7 Å². The van der Waals surface area contributed by atoms with Crippen molar-refractivity contribution >= 4 is 25.8 Å². The predicted octanol–water partition coefficient (Wildman–Crippen LogP) is 2.76. The van der Waals surface area contributed by atoms with Gasteiger partial charge >= 0.3 is 6.18 Å². The molecule has 0 heterocycles. The summed E-state index contributed by atoms with van der Waals surface area (Å²) in [7, 11) is -7.28. The smallest absolute Gasteiger partial charge is 0.381 e. The van der Waals surface area contributed by atoms with Crippen molar-refractivity contribution in [2.45, 2.75) is 58.5 Å². The number of rotatable bonds is 7. The third kappa shape index (κ3) is 5.42. The molecule has 0 aliphatic heterocycles. The van der Waals surface area contributed by atoms with Gasteiger partial charge in [0.2, 0.25) is 15.9 Å². The van der Waals surface area contributed by atoms with Gasteiger partial charge in [-0.05, 0) is 61.1 Å². The molecule has 2 fully saturated rings. The highest BCUT2D eigenvalue weighted by molar-refractivity contribution is 7.92. The third-order valence-corrected chi connectivity index (χ3v) is 10.1. The van der Waals surface area contributed by atoms with E-state index in [0.717, 1.165) is 18.2 Å². The molecule has 38 heavy (non-hydrogen) atoms. The van der Waals surface area contributed by atoms with Gasteiger partial charge in [0, 0.05) is 7.11 Å². The molecule has 4 rings (SSSR count). The first-order valence-corrected chi connectivity index (χ1v) is 14.5. The van der Waals surface area contributed by atoms with Crippen molar-refractivity contribution < 1.29 is 39.5 Å². The Hall–Kier alpha value is -2.99. The number of hydrogen-bond acceptors (Lipinski definition) is 7. The number of primary sulfonamides is 1. The molecule has 2 aromatic carbocycles. The van der Waals surface area contributed by atoms with Crippen molar-refractivity contribution in [2.75, 3.05) is 7.11 Å². The van der Waals surface area contributed by atoms with Gasteiger partial charge in [-0.3, -0.25) is 4.79 Å². The normalized spacial score (nSPS) is 23.0. The summed E-state index contributed by atoms with van der Waals surface area (Å²) in [5.41, 5.74) is -2.14. The van der Waals surface area contributed by atoms with E-state index in [1.807, 2.05) is 6.07 Å². The summed E-state index contributed by atoms with van der Waals surface area (Å²) in [4.78, 5) is 11.6. The number of hydrogen-bond donors (Lipinski definition) is 2. The van der Waals surface area contributed by atoms with Crippen molar-refractivity contribution in [3.05, 3.63) is 48.0 Å². The van der Waals surface area contributed by atoms with Crippen molar-refractivity contribution in [1.82, 2.24) is 5.32 Å². The zero-order valence-electron chi connectivity index (χ0n) is 20.0. The van der Waals surface area contributed by atoms with Crippen LogP contribution in [0, 0.1) is 17.2 Å². The van der Waals surface area contributed by atoms with E-state index in [4.69, 9.17) is 9.88 Å². The second-order valence-electron chi connectivity index (χ2n) is 9.48. The topological polar surface area (TPSA) is 156 Å². The van der Waals surface area contributed by atoms with Crippen molar-refractivity contribution in [2.24, 2.45) is 11.1 Å². The molecule has 2 aliphatic rings. The SMILES string of the molecule is CO[C@H]1C[C@@H](S(=O)(=O)c2ccc(-c3ccc(S(N)(=O)=O)cc3)cc2C(F)(F)F)CC1C(=O)NC1(C#N)CC1. The van der Waals surface area contributed by atoms with Crippen molar-refractivity contribution in [3.63, 3.8) is 0 Å². The maximum Gasteiger partial charge on any atom is 0.417 e. The Labute approximate surface area is 217 Å². The quantitative estimate of drug-likeness (QED) is 0.517. The molecule has 2 aromatic rings. The number of nitrogens with two attached hydrogens (primary N) is 1. The number of halogens is 3. The second kappa shape index (κ2) is 9.64. The van der Waals surface area contributed by atoms with E-state index in [1.165, 1.54) is 25.3 Å². The monoisotopic (exact) mass is 571 g/mol. The Balaban J connectivity index is 1.66. The fourth-order valence-electron chi connectivity index (χ4n) is 4.66. The molecule has 3 N–H and O–H groups in total. The van der Waals surface area contributed by atoms with Crippen LogP contribution in [0.25, 0.3) is 11.1 Å². The van der Waals surface area contributed by atoms with E-state index >= 15 is 0 Å². The Kier molecular flexibility index (Phi) is 7.11. The van der Waals surface area contributed by atoms with Crippen LogP contribution in [-0.2, 0) is 35.6 Å². The lowest BCUT2D eigenvalue weighted by atomic mass is 10.0. The molecule has 0 spiro atoms. The fraction of sp³-hybridized carbons (Fsp3) is 0.417. The Bertz CT molecular complexity index is 1510. The van der Waals surface area contributed by atoms with E-state index in [0.29, 0.717) is 18.9 Å². The molecule has 1 amide bonds. The van der Waals surface area contributed by atoms with E-state index in [9.17, 15) is 40.1 Å². The van der Waals surface area contributed by atoms with E-state index < -0.39 is 65.2 Å². The predicted molar refractivity (Wildman–Crippen MR) is 128 cm³/mol. The minimum atomic E-state index is -5.03. The summed E-state index contributed by atoms with van der Waals surface area (Å²) in [6.07, 6.45) is -5.40. The lowest BCUT2D eigenvalue weighted by Gasteiger charge is -2.19. The number of carbonyl (C=O) groups is 1. The number of sulfonamides is 1. The maximum atomic E-state index is 14.1. The Morgan fingerprint density at radius 3 is 2.18 bits per heavy atom. The summed E-state index contributed by atoms with van der Waals surface area (Å²) in [5.74, 6) is -1.51. The number of alkyl halides is 3. The van der Waals surface area contributed by atoms with E-state index in [1.54, 1.807) is 0 Å². The van der Waals surface area contributed by atoms with E-state index in [-0.39, 0.29) is 28.9 Å². The van der Waals surface area contributed by atoms with Crippen LogP contribution < -0.4 is 10.5 Å². The zero-order chi connectivity index (χ0) is 28.1. The van der Waals surface area contributed by atoms with Crippen LogP contribution in [0.4, 0.5) is 13.2 Å². The average molecular weight is 572 g/mol. The highest BCUT2D eigenvalue weighted by Gasteiger charge is 2.51. The minimum Gasteiger partial charge on any atom is -0.381 e. The molecule has 0 aromatic heterocycles. The van der Waals surface area contributed by atoms with Gasteiger partial charge in [0.05, 0.1) is 38.7 Å². The lowest BCUT2D eigenvalue weighted by Crippen LogP contribution is -2.42. The fourth-order valence-corrected chi connectivity index (χ4v) is 7.18. The van der Waals surface area contributed by atoms with Crippen LogP contribution in [0.1, 0.15) is 31.2 Å². The highest BCUT2D eigenvalue weighted by Crippen LogP contribution is 2.43. The molecule has 1 unspecified atom stereocenters. The van der Waals surface area contributed by atoms with Crippen molar-refractivity contribution in [1.29, 1.82) is 5.26 Å². The summed E-state index contributed by atoms with van der Waals surface area (Å²) < 4.78 is 97.4. The summed E-state index contributed by atoms with van der Waals surface area (Å²) in [6.45, 7) is 0. The van der Waals surface area contributed by atoms with Crippen LogP contribution in [0.2, 0.25) is 0 Å². The summed E-state index contributed by atoms with van der Waals surface area (Å²) in [6, 6.07) is 9.56. The molecule has 14 heteroatoms. The Morgan fingerprint density at radius 2 is 1.68 bits per heavy atom. The largest absolute Gasteiger partial charge is 0.417 e. The first-order chi connectivity index (χ1) is 17.6. The standard InChI is InChI=1S/C24H24F3N3O6S2/c1-36-20-12-17(11-18(20)22(31)30-23(13-28)8-9-23)37(32,33)21-7-4-15(10-19(21)24(25,26)27)14-2-5-16(6-3-14)38(29,34)35/h2-7,10,17-18,20H,8-9,11-12H2,1H3,(H,30,31)(H2,29,34,35)/t17-,18?,20-/m0/s1. The minimum absolute atomic E-state index is 0.0157. The number of benzene rings is 2.